The molecule has 0 spiro atoms. The van der Waals surface area contributed by atoms with E-state index in [9.17, 15) is 4.79 Å². The van der Waals surface area contributed by atoms with Crippen molar-refractivity contribution in [3.05, 3.63) is 5.82 Å². The van der Waals surface area contributed by atoms with Crippen molar-refractivity contribution >= 4 is 26.4 Å². The van der Waals surface area contributed by atoms with E-state index in [2.05, 4.69) is 20.6 Å². The highest BCUT2D eigenvalue weighted by molar-refractivity contribution is 14.1. The van der Waals surface area contributed by atoms with E-state index in [4.69, 9.17) is 0 Å². The van der Waals surface area contributed by atoms with Gasteiger partial charge in [0.25, 0.3) is 0 Å². The van der Waals surface area contributed by atoms with Crippen LogP contribution in [-0.2, 0) is 4.79 Å². The van der Waals surface area contributed by atoms with E-state index in [1.54, 1.807) is 0 Å². The molecule has 0 fully saturated rings. The van der Waals surface area contributed by atoms with Crippen LogP contribution in [0.15, 0.2) is 0 Å². The van der Waals surface area contributed by atoms with Crippen molar-refractivity contribution in [2.75, 3.05) is 0 Å². The fourth-order valence-electron chi connectivity index (χ4n) is 1.11. The Bertz CT molecular complexity index is 274. The Balaban J connectivity index is 2.51. The molecule has 13 heavy (non-hydrogen) atoms. The van der Waals surface area contributed by atoms with Gasteiger partial charge in [-0.3, -0.25) is 4.79 Å². The van der Waals surface area contributed by atoms with Gasteiger partial charge in [0, 0.05) is 11.8 Å². The first kappa shape index (κ1) is 10.6. The van der Waals surface area contributed by atoms with Crippen LogP contribution in [0.1, 0.15) is 32.0 Å². The van der Waals surface area contributed by atoms with Gasteiger partial charge in [0.15, 0.2) is 9.61 Å². The molecule has 2 atom stereocenters. The van der Waals surface area contributed by atoms with Crippen molar-refractivity contribution in [2.24, 2.45) is 5.92 Å². The predicted octanol–water partition coefficient (Wildman–Crippen LogP) is 1.29. The van der Waals surface area contributed by atoms with Gasteiger partial charge in [0.2, 0.25) is 0 Å². The van der Waals surface area contributed by atoms with Crippen LogP contribution in [0.25, 0.3) is 0 Å². The zero-order valence-corrected chi connectivity index (χ0v) is 9.65. The molecule has 6 heteroatoms. The van der Waals surface area contributed by atoms with E-state index in [-0.39, 0.29) is 15.6 Å². The normalized spacial score (nSPS) is 15.3. The highest BCUT2D eigenvalue weighted by Gasteiger charge is 2.17. The Hall–Kier alpha value is -0.530. The van der Waals surface area contributed by atoms with E-state index in [0.717, 1.165) is 6.42 Å². The number of carbonyl (C=O) groups excluding carboxylic acids is 1. The number of nitrogens with one attached hydrogen (secondary N) is 1. The van der Waals surface area contributed by atoms with Gasteiger partial charge >= 0.3 is 0 Å². The van der Waals surface area contributed by atoms with E-state index in [1.165, 1.54) is 0 Å². The molecule has 0 aliphatic heterocycles. The third-order valence-corrected chi connectivity index (χ3v) is 2.96. The minimum absolute atomic E-state index is 0.0501. The molecule has 72 valence electrons. The summed E-state index contributed by atoms with van der Waals surface area (Å²) in [6, 6.07) is 0. The van der Waals surface area contributed by atoms with Crippen molar-refractivity contribution in [3.63, 3.8) is 0 Å². The molecule has 1 rings (SSSR count). The third kappa shape index (κ3) is 3.02. The second kappa shape index (κ2) is 4.64. The van der Waals surface area contributed by atoms with Crippen molar-refractivity contribution in [3.8, 4) is 0 Å². The average Bonchev–Trinajstić information content (AvgIpc) is 2.55. The molecule has 1 aromatic rings. The molecule has 0 saturated heterocycles. The number of aromatic amines is 1. The van der Waals surface area contributed by atoms with Gasteiger partial charge in [-0.2, -0.15) is 5.21 Å². The summed E-state index contributed by atoms with van der Waals surface area (Å²) in [6.07, 6.45) is 0.765. The summed E-state index contributed by atoms with van der Waals surface area (Å²) in [5.74, 6) is 0.895. The monoisotopic (exact) mass is 294 g/mol. The standard InChI is InChI=1S/C7H11IN4O/c1-4(6(8)13)3-5(2)7-9-11-12-10-7/h4-5H,3H2,1-2H3,(H,9,10,11,12). The topological polar surface area (TPSA) is 71.5 Å². The van der Waals surface area contributed by atoms with Gasteiger partial charge < -0.3 is 0 Å². The second-order valence-corrected chi connectivity index (χ2v) is 4.18. The van der Waals surface area contributed by atoms with Crippen molar-refractivity contribution in [2.45, 2.75) is 26.2 Å². The SMILES string of the molecule is CC(CC(C)c1nn[nH]n1)C(=O)I. The lowest BCUT2D eigenvalue weighted by Gasteiger charge is -2.09. The highest BCUT2D eigenvalue weighted by atomic mass is 127. The Labute approximate surface area is 89.8 Å². The van der Waals surface area contributed by atoms with Gasteiger partial charge in [-0.15, -0.1) is 10.2 Å². The van der Waals surface area contributed by atoms with E-state index >= 15 is 0 Å². The molecule has 1 aromatic heterocycles. The lowest BCUT2D eigenvalue weighted by atomic mass is 9.98. The number of hydrogen-bond donors (Lipinski definition) is 1. The number of H-pyrrole nitrogens is 1. The number of halogens is 1. The van der Waals surface area contributed by atoms with E-state index < -0.39 is 0 Å². The first-order chi connectivity index (χ1) is 6.11. The number of hydrogen-bond acceptors (Lipinski definition) is 4. The average molecular weight is 294 g/mol. The molecule has 0 radical (unpaired) electrons. The number of rotatable bonds is 4. The van der Waals surface area contributed by atoms with Crippen LogP contribution in [0.3, 0.4) is 0 Å². The number of carbonyl (C=O) groups is 1. The number of aromatic nitrogens is 4. The molecule has 1 heterocycles. The smallest absolute Gasteiger partial charge is 0.195 e. The molecule has 0 bridgehead atoms. The van der Waals surface area contributed by atoms with E-state index in [0.29, 0.717) is 5.82 Å². The van der Waals surface area contributed by atoms with Crippen LogP contribution < -0.4 is 0 Å². The molecule has 0 saturated carbocycles. The molecule has 2 unspecified atom stereocenters. The summed E-state index contributed by atoms with van der Waals surface area (Å²) < 4.78 is 0.174. The van der Waals surface area contributed by atoms with Crippen molar-refractivity contribution in [1.82, 2.24) is 20.6 Å². The number of tetrazole rings is 1. The quantitative estimate of drug-likeness (QED) is 0.671. The predicted molar refractivity (Wildman–Crippen MR) is 55.4 cm³/mol. The Morgan fingerprint density at radius 2 is 2.31 bits per heavy atom. The summed E-state index contributed by atoms with van der Waals surface area (Å²) in [6.45, 7) is 3.90. The lowest BCUT2D eigenvalue weighted by molar-refractivity contribution is -0.112. The molecular weight excluding hydrogens is 283 g/mol. The highest BCUT2D eigenvalue weighted by Crippen LogP contribution is 2.21. The van der Waals surface area contributed by atoms with Crippen molar-refractivity contribution < 1.29 is 4.79 Å². The maximum atomic E-state index is 11.0. The van der Waals surface area contributed by atoms with Crippen LogP contribution in [-0.4, -0.2) is 24.4 Å². The molecular formula is C7H11IN4O. The summed E-state index contributed by atoms with van der Waals surface area (Å²) in [4.78, 5) is 11.0. The van der Waals surface area contributed by atoms with Gasteiger partial charge in [-0.25, -0.2) is 0 Å². The zero-order valence-electron chi connectivity index (χ0n) is 7.49. The van der Waals surface area contributed by atoms with Gasteiger partial charge in [-0.1, -0.05) is 19.1 Å². The fourth-order valence-corrected chi connectivity index (χ4v) is 1.36. The molecule has 0 aromatic carbocycles. The van der Waals surface area contributed by atoms with E-state index in [1.807, 2.05) is 36.4 Å². The van der Waals surface area contributed by atoms with Crippen LogP contribution in [0.2, 0.25) is 0 Å². The number of nitrogens with zero attached hydrogens (tertiary/aromatic N) is 3. The summed E-state index contributed by atoms with van der Waals surface area (Å²) in [5, 5.41) is 13.6. The minimum Gasteiger partial charge on any atom is -0.288 e. The van der Waals surface area contributed by atoms with Crippen molar-refractivity contribution in [1.29, 1.82) is 0 Å². The van der Waals surface area contributed by atoms with Crippen LogP contribution in [0.5, 0.6) is 0 Å². The second-order valence-electron chi connectivity index (χ2n) is 3.11. The van der Waals surface area contributed by atoms with Gasteiger partial charge in [0.05, 0.1) is 0 Å². The van der Waals surface area contributed by atoms with Crippen LogP contribution >= 0.6 is 22.6 Å². The third-order valence-electron chi connectivity index (χ3n) is 1.90. The largest absolute Gasteiger partial charge is 0.288 e. The van der Waals surface area contributed by atoms with Gasteiger partial charge in [0.1, 0.15) is 0 Å². The Morgan fingerprint density at radius 1 is 1.62 bits per heavy atom. The fraction of sp³-hybridized carbons (Fsp3) is 0.714. The first-order valence-corrected chi connectivity index (χ1v) is 5.11. The summed E-state index contributed by atoms with van der Waals surface area (Å²) in [5.41, 5.74) is 0. The Kier molecular flexibility index (Phi) is 3.76. The minimum atomic E-state index is 0.0501. The maximum Gasteiger partial charge on any atom is 0.195 e. The molecule has 5 nitrogen and oxygen atoms in total. The molecule has 0 amide bonds. The molecule has 1 N–H and O–H groups in total. The van der Waals surface area contributed by atoms with Gasteiger partial charge in [-0.05, 0) is 29.0 Å². The molecule has 0 aliphatic carbocycles. The zero-order chi connectivity index (χ0) is 9.84. The molecule has 0 aliphatic rings. The summed E-state index contributed by atoms with van der Waals surface area (Å²) >= 11 is 1.82. The van der Waals surface area contributed by atoms with Crippen LogP contribution in [0, 0.1) is 5.92 Å². The Morgan fingerprint density at radius 3 is 2.77 bits per heavy atom. The lowest BCUT2D eigenvalue weighted by Crippen LogP contribution is -2.08. The maximum absolute atomic E-state index is 11.0. The summed E-state index contributed by atoms with van der Waals surface area (Å²) in [7, 11) is 0. The first-order valence-electron chi connectivity index (χ1n) is 4.04. The van der Waals surface area contributed by atoms with Crippen LogP contribution in [0.4, 0.5) is 0 Å².